The van der Waals surface area contributed by atoms with Gasteiger partial charge < -0.3 is 24.8 Å². The highest BCUT2D eigenvalue weighted by molar-refractivity contribution is 6.54. The van der Waals surface area contributed by atoms with Crippen molar-refractivity contribution in [2.75, 3.05) is 11.4 Å². The van der Waals surface area contributed by atoms with Gasteiger partial charge in [0.2, 0.25) is 5.91 Å². The normalized spacial score (nSPS) is 13.7. The molecule has 0 radical (unpaired) electrons. The SMILES string of the molecule is CCC(C)C(NC(=O)OC(C)(C)C)C(=O)NC(CN(C(=O)C(Cl)Cl)c1cccc(-c2cc(-c3c(Cl)cccc3Cl)no2)c1)C(C)C. The second-order valence-electron chi connectivity index (χ2n) is 12.3. The molecule has 3 rings (SSSR count). The fourth-order valence-corrected chi connectivity index (χ4v) is 5.39. The van der Waals surface area contributed by atoms with Crippen molar-refractivity contribution in [1.29, 1.82) is 0 Å². The molecule has 0 spiro atoms. The first kappa shape index (κ1) is 37.5. The number of hydrogen-bond donors (Lipinski definition) is 2. The Balaban J connectivity index is 1.91. The van der Waals surface area contributed by atoms with Crippen molar-refractivity contribution >= 4 is 70.0 Å². The average Bonchev–Trinajstić information content (AvgIpc) is 3.46. The third kappa shape index (κ3) is 10.0. The van der Waals surface area contributed by atoms with Crippen LogP contribution in [0.2, 0.25) is 10.0 Å². The summed E-state index contributed by atoms with van der Waals surface area (Å²) in [6.45, 7) is 12.9. The molecule has 1 aromatic heterocycles. The summed E-state index contributed by atoms with van der Waals surface area (Å²) in [7, 11) is 0. The number of rotatable bonds is 12. The Bertz CT molecular complexity index is 1500. The number of hydrogen-bond acceptors (Lipinski definition) is 6. The summed E-state index contributed by atoms with van der Waals surface area (Å²) >= 11 is 24.9. The number of carbonyl (C=O) groups is 3. The van der Waals surface area contributed by atoms with Crippen LogP contribution >= 0.6 is 46.4 Å². The average molecular weight is 715 g/mol. The van der Waals surface area contributed by atoms with Gasteiger partial charge in [-0.2, -0.15) is 0 Å². The van der Waals surface area contributed by atoms with Gasteiger partial charge in [-0.25, -0.2) is 4.79 Å². The minimum Gasteiger partial charge on any atom is -0.444 e. The van der Waals surface area contributed by atoms with Crippen LogP contribution in [0.4, 0.5) is 10.5 Å². The van der Waals surface area contributed by atoms with Gasteiger partial charge in [0.15, 0.2) is 10.6 Å². The van der Waals surface area contributed by atoms with Crippen LogP contribution in [0.3, 0.4) is 0 Å². The number of alkyl carbamates (subject to hydrolysis) is 1. The molecule has 46 heavy (non-hydrogen) atoms. The standard InChI is InChI=1S/C33H40Cl4N4O5/c1-8-19(4)28(39-32(44)45-33(5,6)7)30(42)38-25(18(2)3)17-41(31(43)29(36)37)21-12-9-11-20(15-21)26-16-24(40-46-26)27-22(34)13-10-14-23(27)35/h9-16,18-19,25,28-29H,8,17H2,1-7H3,(H,38,42)(H,39,44). The molecule has 3 aromatic rings. The molecule has 2 N–H and O–H groups in total. The molecule has 0 saturated carbocycles. The molecule has 0 aliphatic rings. The maximum absolute atomic E-state index is 13.6. The number of alkyl halides is 2. The molecule has 0 aliphatic heterocycles. The van der Waals surface area contributed by atoms with Crippen molar-refractivity contribution in [3.8, 4) is 22.6 Å². The number of halogens is 4. The smallest absolute Gasteiger partial charge is 0.408 e. The minimum atomic E-state index is -1.37. The van der Waals surface area contributed by atoms with E-state index >= 15 is 0 Å². The van der Waals surface area contributed by atoms with Crippen LogP contribution in [0.15, 0.2) is 53.1 Å². The Hall–Kier alpha value is -2.98. The van der Waals surface area contributed by atoms with Gasteiger partial charge in [0, 0.05) is 35.5 Å². The maximum atomic E-state index is 13.6. The Morgan fingerprint density at radius 2 is 1.61 bits per heavy atom. The summed E-state index contributed by atoms with van der Waals surface area (Å²) < 4.78 is 11.0. The quantitative estimate of drug-likeness (QED) is 0.182. The molecular formula is C33H40Cl4N4O5. The number of amides is 3. The molecule has 9 nitrogen and oxygen atoms in total. The van der Waals surface area contributed by atoms with E-state index in [4.69, 9.17) is 55.7 Å². The fraction of sp³-hybridized carbons (Fsp3) is 0.455. The molecule has 1 heterocycles. The minimum absolute atomic E-state index is 0.0399. The van der Waals surface area contributed by atoms with E-state index in [0.717, 1.165) is 0 Å². The molecule has 3 atom stereocenters. The lowest BCUT2D eigenvalue weighted by Gasteiger charge is -2.33. The molecule has 0 saturated heterocycles. The number of nitrogens with one attached hydrogen (secondary N) is 2. The van der Waals surface area contributed by atoms with Gasteiger partial charge in [-0.3, -0.25) is 9.59 Å². The third-order valence-electron chi connectivity index (χ3n) is 7.30. The Labute approximate surface area is 290 Å². The highest BCUT2D eigenvalue weighted by Crippen LogP contribution is 2.36. The van der Waals surface area contributed by atoms with Crippen LogP contribution in [0, 0.1) is 11.8 Å². The number of aromatic nitrogens is 1. The molecule has 0 fully saturated rings. The van der Waals surface area contributed by atoms with Crippen LogP contribution < -0.4 is 15.5 Å². The molecule has 0 aliphatic carbocycles. The zero-order valence-corrected chi connectivity index (χ0v) is 29.9. The highest BCUT2D eigenvalue weighted by atomic mass is 35.5. The lowest BCUT2D eigenvalue weighted by atomic mass is 9.96. The van der Waals surface area contributed by atoms with E-state index in [2.05, 4.69) is 15.8 Å². The summed E-state index contributed by atoms with van der Waals surface area (Å²) in [4.78, 5) is 39.6. The summed E-state index contributed by atoms with van der Waals surface area (Å²) in [5.41, 5.74) is 1.33. The van der Waals surface area contributed by atoms with Crippen LogP contribution in [0.1, 0.15) is 54.9 Å². The first-order valence-electron chi connectivity index (χ1n) is 14.9. The zero-order valence-electron chi connectivity index (χ0n) is 26.9. The lowest BCUT2D eigenvalue weighted by molar-refractivity contribution is -0.125. The Morgan fingerprint density at radius 3 is 2.17 bits per heavy atom. The monoisotopic (exact) mass is 712 g/mol. The summed E-state index contributed by atoms with van der Waals surface area (Å²) in [5, 5.41) is 10.7. The van der Waals surface area contributed by atoms with Crippen molar-refractivity contribution in [2.24, 2.45) is 11.8 Å². The second kappa shape index (κ2) is 16.2. The number of anilines is 1. The highest BCUT2D eigenvalue weighted by Gasteiger charge is 2.33. The van der Waals surface area contributed by atoms with Crippen molar-refractivity contribution in [3.05, 3.63) is 58.6 Å². The summed E-state index contributed by atoms with van der Waals surface area (Å²) in [5.74, 6) is -0.889. The molecule has 2 aromatic carbocycles. The van der Waals surface area contributed by atoms with Gasteiger partial charge in [-0.1, -0.05) is 104 Å². The van der Waals surface area contributed by atoms with Gasteiger partial charge in [0.05, 0.1) is 10.0 Å². The number of carbonyl (C=O) groups excluding carboxylic acids is 3. The van der Waals surface area contributed by atoms with E-state index in [1.165, 1.54) is 4.90 Å². The van der Waals surface area contributed by atoms with Gasteiger partial charge in [-0.05, 0) is 56.9 Å². The summed E-state index contributed by atoms with van der Waals surface area (Å²) in [6, 6.07) is 12.5. The van der Waals surface area contributed by atoms with Crippen LogP contribution in [-0.2, 0) is 14.3 Å². The number of nitrogens with zero attached hydrogens (tertiary/aromatic N) is 2. The molecule has 3 amide bonds. The molecular weight excluding hydrogens is 674 g/mol. The number of benzene rings is 2. The van der Waals surface area contributed by atoms with Gasteiger partial charge in [0.1, 0.15) is 17.3 Å². The largest absolute Gasteiger partial charge is 0.444 e. The lowest BCUT2D eigenvalue weighted by Crippen LogP contribution is -2.57. The van der Waals surface area contributed by atoms with Crippen LogP contribution in [-0.4, -0.2) is 52.1 Å². The zero-order chi connectivity index (χ0) is 34.3. The van der Waals surface area contributed by atoms with E-state index in [1.807, 2.05) is 27.7 Å². The van der Waals surface area contributed by atoms with E-state index in [0.29, 0.717) is 44.7 Å². The predicted octanol–water partition coefficient (Wildman–Crippen LogP) is 8.53. The van der Waals surface area contributed by atoms with Crippen molar-refractivity contribution < 1.29 is 23.6 Å². The van der Waals surface area contributed by atoms with E-state index in [9.17, 15) is 14.4 Å². The van der Waals surface area contributed by atoms with Gasteiger partial charge in [-0.15, -0.1) is 0 Å². The van der Waals surface area contributed by atoms with Gasteiger partial charge >= 0.3 is 6.09 Å². The summed E-state index contributed by atoms with van der Waals surface area (Å²) in [6.07, 6.45) is -0.0636. The molecule has 3 unspecified atom stereocenters. The van der Waals surface area contributed by atoms with Gasteiger partial charge in [0.25, 0.3) is 5.91 Å². The molecule has 250 valence electrons. The van der Waals surface area contributed by atoms with Crippen molar-refractivity contribution in [2.45, 2.75) is 77.4 Å². The first-order valence-corrected chi connectivity index (χ1v) is 16.6. The molecule has 0 bridgehead atoms. The number of ether oxygens (including phenoxy) is 1. The van der Waals surface area contributed by atoms with Crippen molar-refractivity contribution in [1.82, 2.24) is 15.8 Å². The van der Waals surface area contributed by atoms with Crippen molar-refractivity contribution in [3.63, 3.8) is 0 Å². The van der Waals surface area contributed by atoms with Crippen LogP contribution in [0.25, 0.3) is 22.6 Å². The van der Waals surface area contributed by atoms with E-state index in [-0.39, 0.29) is 18.4 Å². The third-order valence-corrected chi connectivity index (χ3v) is 8.31. The topological polar surface area (TPSA) is 114 Å². The maximum Gasteiger partial charge on any atom is 0.408 e. The molecule has 13 heteroatoms. The van der Waals surface area contributed by atoms with Crippen LogP contribution in [0.5, 0.6) is 0 Å². The fourth-order valence-electron chi connectivity index (χ4n) is 4.57. The first-order chi connectivity index (χ1) is 21.5. The Morgan fingerprint density at radius 1 is 0.978 bits per heavy atom. The predicted molar refractivity (Wildman–Crippen MR) is 185 cm³/mol. The second-order valence-corrected chi connectivity index (χ2v) is 14.3. The van der Waals surface area contributed by atoms with E-state index < -0.39 is 40.4 Å². The van der Waals surface area contributed by atoms with E-state index in [1.54, 1.807) is 69.3 Å². The Kier molecular flexibility index (Phi) is 13.2.